The van der Waals surface area contributed by atoms with Gasteiger partial charge in [-0.2, -0.15) is 0 Å². The molecule has 3 N–H and O–H groups in total. The lowest BCUT2D eigenvalue weighted by Crippen LogP contribution is -2.43. The van der Waals surface area contributed by atoms with Crippen LogP contribution in [0.3, 0.4) is 0 Å². The molecule has 0 spiro atoms. The van der Waals surface area contributed by atoms with Crippen molar-refractivity contribution in [3.63, 3.8) is 0 Å². The highest BCUT2D eigenvalue weighted by molar-refractivity contribution is 6.32. The maximum absolute atomic E-state index is 13.8. The van der Waals surface area contributed by atoms with Crippen LogP contribution >= 0.6 is 11.6 Å². The Balaban J connectivity index is 1.53. The van der Waals surface area contributed by atoms with Gasteiger partial charge in [0.05, 0.1) is 17.7 Å². The number of piperidine rings is 1. The lowest BCUT2D eigenvalue weighted by atomic mass is 9.93. The van der Waals surface area contributed by atoms with E-state index in [0.29, 0.717) is 68.1 Å². The summed E-state index contributed by atoms with van der Waals surface area (Å²) in [4.78, 5) is 15.0. The summed E-state index contributed by atoms with van der Waals surface area (Å²) >= 11 is 6.45. The van der Waals surface area contributed by atoms with Gasteiger partial charge in [0.2, 0.25) is 11.8 Å². The number of alkyl halides is 2. The van der Waals surface area contributed by atoms with Crippen molar-refractivity contribution in [3.8, 4) is 0 Å². The molecule has 6 nitrogen and oxygen atoms in total. The number of nitrogens with one attached hydrogen (secondary N) is 2. The van der Waals surface area contributed by atoms with Gasteiger partial charge in [0.25, 0.3) is 0 Å². The van der Waals surface area contributed by atoms with Gasteiger partial charge in [-0.1, -0.05) is 43.8 Å². The number of allylic oxidation sites excluding steroid dienone is 2. The van der Waals surface area contributed by atoms with Crippen molar-refractivity contribution in [2.75, 3.05) is 32.8 Å². The van der Waals surface area contributed by atoms with E-state index in [2.05, 4.69) is 42.2 Å². The number of hydrogen-bond donors (Lipinski definition) is 3. The van der Waals surface area contributed by atoms with Crippen LogP contribution in [0.2, 0.25) is 0 Å². The van der Waals surface area contributed by atoms with Crippen molar-refractivity contribution in [2.24, 2.45) is 11.8 Å². The summed E-state index contributed by atoms with van der Waals surface area (Å²) < 4.78 is 33.0. The molecule has 42 heavy (non-hydrogen) atoms. The number of aliphatic hydroxyl groups is 1. The van der Waals surface area contributed by atoms with E-state index in [1.807, 2.05) is 13.8 Å². The third-order valence-electron chi connectivity index (χ3n) is 8.87. The smallest absolute Gasteiger partial charge is 0.249 e. The van der Waals surface area contributed by atoms with Gasteiger partial charge in [-0.15, -0.1) is 0 Å². The second-order valence-electron chi connectivity index (χ2n) is 12.4. The largest absolute Gasteiger partial charge is 0.493 e. The number of carbonyl (C=O) groups is 1. The van der Waals surface area contributed by atoms with Crippen LogP contribution in [0.25, 0.3) is 0 Å². The molecule has 1 saturated heterocycles. The minimum absolute atomic E-state index is 0.103. The first-order valence-corrected chi connectivity index (χ1v) is 15.7. The predicted molar refractivity (Wildman–Crippen MR) is 166 cm³/mol. The van der Waals surface area contributed by atoms with E-state index in [9.17, 15) is 18.7 Å². The summed E-state index contributed by atoms with van der Waals surface area (Å²) in [5.41, 5.74) is 3.96. The molecule has 1 amide bonds. The van der Waals surface area contributed by atoms with Gasteiger partial charge in [-0.05, 0) is 80.9 Å². The zero-order valence-electron chi connectivity index (χ0n) is 25.6. The van der Waals surface area contributed by atoms with E-state index in [-0.39, 0.29) is 37.4 Å². The standard InChI is InChI=1S/C33H50ClF2N3O3/c1-7-42-25(6)32(34)30-11-13-39(19-23(30)4)20-29(40)18-37-31(41)16-27(9-8-26-14-21(2)22(3)15-26)24(5)38-28-10-12-33(35,36)17-28/h16,22,24,26,28-29,38,40H,2,4,6-15,17-20H2,1,3,5H3,(H,37,41)/b27-16+,32-30+/t22?,24?,26?,28?,29-/m0/s1. The Hall–Kier alpha value is -2.00. The lowest BCUT2D eigenvalue weighted by Gasteiger charge is -2.32. The van der Waals surface area contributed by atoms with E-state index in [1.165, 1.54) is 5.57 Å². The lowest BCUT2D eigenvalue weighted by molar-refractivity contribution is -0.117. The number of amides is 1. The second kappa shape index (κ2) is 15.6. The van der Waals surface area contributed by atoms with Crippen LogP contribution < -0.4 is 10.6 Å². The number of ether oxygens (including phenoxy) is 1. The number of rotatable bonds is 14. The van der Waals surface area contributed by atoms with E-state index in [4.69, 9.17) is 16.3 Å². The molecule has 0 radical (unpaired) electrons. The highest BCUT2D eigenvalue weighted by atomic mass is 35.5. The molecule has 3 fully saturated rings. The number of likely N-dealkylation sites (tertiary alicyclic amines) is 1. The average Bonchev–Trinajstić information content (AvgIpc) is 3.43. The SMILES string of the molecule is C=C(OCC)/C(Cl)=C1/CCN(C[C@@H](O)CNC(=O)/C=C(\CCC2CC(=C)C(C)C2)C(C)NC2CCC(F)(F)C2)CC1=C. The Labute approximate surface area is 256 Å². The molecular formula is C33H50ClF2N3O3. The fraction of sp³-hybridized carbons (Fsp3) is 0.667. The van der Waals surface area contributed by atoms with E-state index >= 15 is 0 Å². The first-order chi connectivity index (χ1) is 19.8. The highest BCUT2D eigenvalue weighted by Crippen LogP contribution is 2.38. The van der Waals surface area contributed by atoms with Gasteiger partial charge in [-0.3, -0.25) is 9.69 Å². The number of nitrogens with zero attached hydrogens (tertiary/aromatic N) is 1. The number of carbonyl (C=O) groups excluding carboxylic acids is 1. The van der Waals surface area contributed by atoms with Crippen molar-refractivity contribution >= 4 is 17.5 Å². The second-order valence-corrected chi connectivity index (χ2v) is 12.8. The molecule has 4 unspecified atom stereocenters. The van der Waals surface area contributed by atoms with Crippen LogP contribution in [0.1, 0.15) is 72.1 Å². The van der Waals surface area contributed by atoms with Crippen molar-refractivity contribution in [3.05, 3.63) is 58.9 Å². The fourth-order valence-electron chi connectivity index (χ4n) is 6.40. The van der Waals surface area contributed by atoms with Gasteiger partial charge in [0, 0.05) is 57.2 Å². The average molecular weight is 610 g/mol. The first-order valence-electron chi connectivity index (χ1n) is 15.4. The Morgan fingerprint density at radius 2 is 2.10 bits per heavy atom. The topological polar surface area (TPSA) is 73.8 Å². The van der Waals surface area contributed by atoms with E-state index in [1.54, 1.807) is 6.08 Å². The molecule has 3 aliphatic rings. The van der Waals surface area contributed by atoms with Gasteiger partial charge in [-0.25, -0.2) is 8.78 Å². The Kier molecular flexibility index (Phi) is 12.8. The summed E-state index contributed by atoms with van der Waals surface area (Å²) in [5.74, 6) is -1.45. The van der Waals surface area contributed by atoms with Crippen molar-refractivity contribution < 1.29 is 23.4 Å². The maximum Gasteiger partial charge on any atom is 0.249 e. The minimum Gasteiger partial charge on any atom is -0.493 e. The normalized spacial score (nSPS) is 27.6. The third-order valence-corrected chi connectivity index (χ3v) is 9.31. The monoisotopic (exact) mass is 609 g/mol. The molecule has 0 aromatic rings. The Bertz CT molecular complexity index is 1070. The van der Waals surface area contributed by atoms with Crippen LogP contribution in [-0.2, 0) is 9.53 Å². The van der Waals surface area contributed by atoms with Crippen LogP contribution in [0.5, 0.6) is 0 Å². The molecule has 1 heterocycles. The van der Waals surface area contributed by atoms with Gasteiger partial charge in [0.1, 0.15) is 5.76 Å². The summed E-state index contributed by atoms with van der Waals surface area (Å²) in [5, 5.41) is 17.4. The van der Waals surface area contributed by atoms with E-state index < -0.39 is 12.0 Å². The zero-order valence-corrected chi connectivity index (χ0v) is 26.4. The molecule has 1 aliphatic heterocycles. The molecule has 9 heteroatoms. The van der Waals surface area contributed by atoms with Crippen LogP contribution in [0.4, 0.5) is 8.78 Å². The maximum atomic E-state index is 13.8. The van der Waals surface area contributed by atoms with Crippen molar-refractivity contribution in [1.29, 1.82) is 0 Å². The third kappa shape index (κ3) is 10.3. The molecule has 2 saturated carbocycles. The Morgan fingerprint density at radius 1 is 1.36 bits per heavy atom. The minimum atomic E-state index is -2.63. The highest BCUT2D eigenvalue weighted by Gasteiger charge is 2.40. The number of hydrogen-bond acceptors (Lipinski definition) is 5. The molecule has 0 aromatic carbocycles. The van der Waals surface area contributed by atoms with Crippen molar-refractivity contribution in [2.45, 2.75) is 96.2 Å². The number of β-amino-alcohol motifs (C(OH)–C–C–N with tert-alkyl or cyclic N) is 1. The number of aliphatic hydroxyl groups excluding tert-OH is 1. The molecular weight excluding hydrogens is 560 g/mol. The van der Waals surface area contributed by atoms with Crippen LogP contribution in [0.15, 0.2) is 58.9 Å². The van der Waals surface area contributed by atoms with Gasteiger partial charge < -0.3 is 20.5 Å². The molecule has 0 bridgehead atoms. The van der Waals surface area contributed by atoms with Gasteiger partial charge in [0.15, 0.2) is 0 Å². The zero-order chi connectivity index (χ0) is 31.0. The van der Waals surface area contributed by atoms with Crippen molar-refractivity contribution in [1.82, 2.24) is 15.5 Å². The predicted octanol–water partition coefficient (Wildman–Crippen LogP) is 6.24. The molecule has 2 aliphatic carbocycles. The molecule has 0 aromatic heterocycles. The van der Waals surface area contributed by atoms with Crippen LogP contribution in [-0.4, -0.2) is 72.8 Å². The molecule has 236 valence electrons. The number of halogens is 3. The van der Waals surface area contributed by atoms with Gasteiger partial charge >= 0.3 is 0 Å². The quantitative estimate of drug-likeness (QED) is 0.123. The summed E-state index contributed by atoms with van der Waals surface area (Å²) in [6, 6.07) is -0.467. The fourth-order valence-corrected chi connectivity index (χ4v) is 6.68. The first kappa shape index (κ1) is 34.5. The van der Waals surface area contributed by atoms with Crippen LogP contribution in [0, 0.1) is 11.8 Å². The summed E-state index contributed by atoms with van der Waals surface area (Å²) in [6.07, 6.45) is 5.38. The Morgan fingerprint density at radius 3 is 2.69 bits per heavy atom. The molecule has 3 rings (SSSR count). The summed E-state index contributed by atoms with van der Waals surface area (Å²) in [6.45, 7) is 20.4. The van der Waals surface area contributed by atoms with E-state index in [0.717, 1.165) is 36.0 Å². The molecule has 5 atom stereocenters. The summed E-state index contributed by atoms with van der Waals surface area (Å²) in [7, 11) is 0.